The van der Waals surface area contributed by atoms with Crippen LogP contribution in [0.2, 0.25) is 10.0 Å². The number of amidine groups is 1. The summed E-state index contributed by atoms with van der Waals surface area (Å²) in [6.07, 6.45) is 0. The Morgan fingerprint density at radius 3 is 2.64 bits per heavy atom. The van der Waals surface area contributed by atoms with Gasteiger partial charge in [-0.25, -0.2) is 4.99 Å². The van der Waals surface area contributed by atoms with Crippen molar-refractivity contribution in [3.63, 3.8) is 0 Å². The number of benzene rings is 1. The second-order valence-electron chi connectivity index (χ2n) is 2.74. The lowest BCUT2D eigenvalue weighted by atomic mass is 10.2. The van der Waals surface area contributed by atoms with Gasteiger partial charge in [-0.05, 0) is 24.6 Å². The fraction of sp³-hybridized carbons (Fsp3) is 0.222. The molecule has 0 fully saturated rings. The van der Waals surface area contributed by atoms with E-state index in [-0.39, 0.29) is 5.88 Å². The summed E-state index contributed by atoms with van der Waals surface area (Å²) in [5.74, 6) is 0.549. The van der Waals surface area contributed by atoms with E-state index in [1.54, 1.807) is 12.1 Å². The first kappa shape index (κ1) is 11.6. The summed E-state index contributed by atoms with van der Waals surface area (Å²) in [7, 11) is 0. The van der Waals surface area contributed by atoms with Gasteiger partial charge in [0.05, 0.1) is 21.6 Å². The molecule has 1 rings (SSSR count). The normalized spacial score (nSPS) is 11.9. The largest absolute Gasteiger partial charge is 0.386 e. The molecule has 0 aromatic heterocycles. The molecule has 0 heterocycles. The number of nitrogens with zero attached hydrogens (tertiary/aromatic N) is 1. The van der Waals surface area contributed by atoms with E-state index in [1.807, 2.05) is 6.92 Å². The molecule has 76 valence electrons. The third-order valence-corrected chi connectivity index (χ3v) is 2.88. The first-order valence-corrected chi connectivity index (χ1v) is 5.19. The summed E-state index contributed by atoms with van der Waals surface area (Å²) in [6, 6.07) is 3.43. The highest BCUT2D eigenvalue weighted by molar-refractivity contribution is 6.42. The molecule has 0 aliphatic heterocycles. The van der Waals surface area contributed by atoms with Crippen LogP contribution in [0.1, 0.15) is 5.56 Å². The van der Waals surface area contributed by atoms with Gasteiger partial charge in [0.1, 0.15) is 5.84 Å². The Labute approximate surface area is 97.7 Å². The van der Waals surface area contributed by atoms with Crippen molar-refractivity contribution in [2.75, 3.05) is 5.88 Å². The van der Waals surface area contributed by atoms with Crippen molar-refractivity contribution in [1.82, 2.24) is 0 Å². The van der Waals surface area contributed by atoms with Crippen LogP contribution >= 0.6 is 34.8 Å². The van der Waals surface area contributed by atoms with E-state index in [4.69, 9.17) is 40.5 Å². The molecule has 5 heteroatoms. The van der Waals surface area contributed by atoms with Gasteiger partial charge >= 0.3 is 0 Å². The molecule has 0 saturated heterocycles. The van der Waals surface area contributed by atoms with Crippen LogP contribution in [-0.2, 0) is 0 Å². The highest BCUT2D eigenvalue weighted by atomic mass is 35.5. The van der Waals surface area contributed by atoms with Crippen molar-refractivity contribution < 1.29 is 0 Å². The lowest BCUT2D eigenvalue weighted by Crippen LogP contribution is -2.12. The minimum Gasteiger partial charge on any atom is -0.386 e. The highest BCUT2D eigenvalue weighted by Crippen LogP contribution is 2.32. The molecule has 14 heavy (non-hydrogen) atoms. The van der Waals surface area contributed by atoms with Gasteiger partial charge in [-0.15, -0.1) is 11.6 Å². The summed E-state index contributed by atoms with van der Waals surface area (Å²) in [4.78, 5) is 4.10. The Hall–Kier alpha value is -0.440. The van der Waals surface area contributed by atoms with Crippen LogP contribution in [0.25, 0.3) is 0 Å². The summed E-state index contributed by atoms with van der Waals surface area (Å²) >= 11 is 17.3. The van der Waals surface area contributed by atoms with E-state index in [0.29, 0.717) is 21.6 Å². The second-order valence-corrected chi connectivity index (χ2v) is 3.79. The predicted octanol–water partition coefficient (Wildman–Crippen LogP) is 3.53. The van der Waals surface area contributed by atoms with Gasteiger partial charge in [0.15, 0.2) is 0 Å². The molecule has 2 nitrogen and oxygen atoms in total. The maximum atomic E-state index is 5.93. The Kier molecular flexibility index (Phi) is 4.05. The van der Waals surface area contributed by atoms with Crippen LogP contribution < -0.4 is 5.73 Å². The number of aliphatic imine (C=N–C) groups is 1. The van der Waals surface area contributed by atoms with Crippen LogP contribution in [-0.4, -0.2) is 11.7 Å². The Morgan fingerprint density at radius 2 is 2.07 bits per heavy atom. The molecule has 2 N–H and O–H groups in total. The molecular weight excluding hydrogens is 242 g/mol. The lowest BCUT2D eigenvalue weighted by Gasteiger charge is -2.04. The van der Waals surface area contributed by atoms with Crippen LogP contribution in [0.15, 0.2) is 17.1 Å². The van der Waals surface area contributed by atoms with Gasteiger partial charge in [0.25, 0.3) is 0 Å². The zero-order chi connectivity index (χ0) is 10.7. The van der Waals surface area contributed by atoms with Crippen molar-refractivity contribution in [2.45, 2.75) is 6.92 Å². The SMILES string of the molecule is Cc1c(N=C(N)CCl)ccc(Cl)c1Cl. The molecule has 1 aromatic carbocycles. The standard InChI is InChI=1S/C9H9Cl3N2/c1-5-7(14-8(13)4-10)3-2-6(11)9(5)12/h2-3H,4H2,1H3,(H2,13,14). The molecule has 0 radical (unpaired) electrons. The summed E-state index contributed by atoms with van der Waals surface area (Å²) in [5.41, 5.74) is 6.99. The maximum absolute atomic E-state index is 5.93. The average Bonchev–Trinajstić information content (AvgIpc) is 2.19. The zero-order valence-corrected chi connectivity index (χ0v) is 9.79. The number of hydrogen-bond acceptors (Lipinski definition) is 1. The van der Waals surface area contributed by atoms with Gasteiger partial charge in [0.2, 0.25) is 0 Å². The van der Waals surface area contributed by atoms with E-state index in [2.05, 4.69) is 4.99 Å². The molecule has 0 spiro atoms. The third kappa shape index (κ3) is 2.53. The zero-order valence-electron chi connectivity index (χ0n) is 7.52. The number of halogens is 3. The Balaban J connectivity index is 3.18. The van der Waals surface area contributed by atoms with Crippen molar-refractivity contribution in [3.8, 4) is 0 Å². The summed E-state index contributed by atoms with van der Waals surface area (Å²) in [6.45, 7) is 1.83. The van der Waals surface area contributed by atoms with Crippen molar-refractivity contribution in [2.24, 2.45) is 10.7 Å². The fourth-order valence-electron chi connectivity index (χ4n) is 0.948. The van der Waals surface area contributed by atoms with Crippen LogP contribution in [0.4, 0.5) is 5.69 Å². The first-order chi connectivity index (χ1) is 6.56. The quantitative estimate of drug-likeness (QED) is 0.487. The lowest BCUT2D eigenvalue weighted by molar-refractivity contribution is 1.37. The molecular formula is C9H9Cl3N2. The van der Waals surface area contributed by atoms with E-state index in [9.17, 15) is 0 Å². The molecule has 1 aromatic rings. The number of hydrogen-bond donors (Lipinski definition) is 1. The predicted molar refractivity (Wildman–Crippen MR) is 63.2 cm³/mol. The van der Waals surface area contributed by atoms with Crippen molar-refractivity contribution >= 4 is 46.3 Å². The number of rotatable bonds is 2. The van der Waals surface area contributed by atoms with Gasteiger partial charge < -0.3 is 5.73 Å². The maximum Gasteiger partial charge on any atom is 0.115 e. The number of nitrogens with two attached hydrogens (primary N) is 1. The molecule has 0 aliphatic rings. The molecule has 0 aliphatic carbocycles. The van der Waals surface area contributed by atoms with E-state index >= 15 is 0 Å². The number of alkyl halides is 1. The highest BCUT2D eigenvalue weighted by Gasteiger charge is 2.05. The average molecular weight is 252 g/mol. The third-order valence-electron chi connectivity index (χ3n) is 1.71. The fourth-order valence-corrected chi connectivity index (χ4v) is 1.37. The first-order valence-electron chi connectivity index (χ1n) is 3.90. The van der Waals surface area contributed by atoms with Crippen LogP contribution in [0, 0.1) is 6.92 Å². The van der Waals surface area contributed by atoms with Gasteiger partial charge in [-0.1, -0.05) is 23.2 Å². The van der Waals surface area contributed by atoms with E-state index in [0.717, 1.165) is 5.56 Å². The topological polar surface area (TPSA) is 38.4 Å². The molecule has 0 atom stereocenters. The van der Waals surface area contributed by atoms with Gasteiger partial charge in [-0.2, -0.15) is 0 Å². The van der Waals surface area contributed by atoms with Crippen molar-refractivity contribution in [1.29, 1.82) is 0 Å². The van der Waals surface area contributed by atoms with E-state index < -0.39 is 0 Å². The Morgan fingerprint density at radius 1 is 1.43 bits per heavy atom. The monoisotopic (exact) mass is 250 g/mol. The second kappa shape index (κ2) is 4.87. The van der Waals surface area contributed by atoms with Crippen LogP contribution in [0.5, 0.6) is 0 Å². The molecule has 0 amide bonds. The summed E-state index contributed by atoms with van der Waals surface area (Å²) in [5, 5.41) is 1.00. The van der Waals surface area contributed by atoms with Crippen LogP contribution in [0.3, 0.4) is 0 Å². The van der Waals surface area contributed by atoms with Gasteiger partial charge in [0, 0.05) is 0 Å². The smallest absolute Gasteiger partial charge is 0.115 e. The van der Waals surface area contributed by atoms with Gasteiger partial charge in [-0.3, -0.25) is 0 Å². The molecule has 0 saturated carbocycles. The minimum absolute atomic E-state index is 0.194. The molecule has 0 unspecified atom stereocenters. The van der Waals surface area contributed by atoms with E-state index in [1.165, 1.54) is 0 Å². The summed E-state index contributed by atoms with van der Waals surface area (Å²) < 4.78 is 0. The molecule has 0 bridgehead atoms. The van der Waals surface area contributed by atoms with Crippen molar-refractivity contribution in [3.05, 3.63) is 27.7 Å². The minimum atomic E-state index is 0.194. The Bertz CT molecular complexity index is 375.